The van der Waals surface area contributed by atoms with Gasteiger partial charge in [0.1, 0.15) is 12.1 Å². The molecule has 1 atom stereocenters. The van der Waals surface area contributed by atoms with Crippen molar-refractivity contribution in [3.63, 3.8) is 0 Å². The number of para-hydroxylation sites is 1. The molecule has 1 saturated carbocycles. The first-order valence-corrected chi connectivity index (χ1v) is 6.88. The summed E-state index contributed by atoms with van der Waals surface area (Å²) in [5.41, 5.74) is 2.28. The molecule has 3 rings (SSSR count). The maximum Gasteiger partial charge on any atom is 0.329 e. The Labute approximate surface area is 108 Å². The van der Waals surface area contributed by atoms with Gasteiger partial charge in [0, 0.05) is 12.1 Å². The van der Waals surface area contributed by atoms with E-state index in [1.165, 1.54) is 24.8 Å². The standard InChI is InChI=1S/C15H19NO2/c17-15(18-12-7-2-1-3-8-12)14-10-11-6-4-5-9-13(11)16-14/h4-6,9,12,14,16H,1-3,7-8,10H2/t14-/m0/s1. The van der Waals surface area contributed by atoms with E-state index in [-0.39, 0.29) is 18.1 Å². The molecule has 3 nitrogen and oxygen atoms in total. The number of hydrogen-bond donors (Lipinski definition) is 1. The molecule has 1 aliphatic carbocycles. The molecule has 0 amide bonds. The number of rotatable bonds is 2. The third-order valence-electron chi connectivity index (χ3n) is 3.89. The topological polar surface area (TPSA) is 38.3 Å². The zero-order chi connectivity index (χ0) is 12.4. The molecule has 18 heavy (non-hydrogen) atoms. The molecule has 1 aromatic rings. The number of hydrogen-bond acceptors (Lipinski definition) is 3. The minimum absolute atomic E-state index is 0.0851. The van der Waals surface area contributed by atoms with Crippen molar-refractivity contribution in [2.45, 2.75) is 50.7 Å². The average Bonchev–Trinajstić information content (AvgIpc) is 2.84. The lowest BCUT2D eigenvalue weighted by Crippen LogP contribution is -2.33. The fraction of sp³-hybridized carbons (Fsp3) is 0.533. The molecule has 1 aromatic carbocycles. The van der Waals surface area contributed by atoms with Crippen molar-refractivity contribution in [1.82, 2.24) is 0 Å². The molecule has 96 valence electrons. The second-order valence-electron chi connectivity index (χ2n) is 5.26. The molecule has 0 unspecified atom stereocenters. The van der Waals surface area contributed by atoms with E-state index < -0.39 is 0 Å². The quantitative estimate of drug-likeness (QED) is 0.814. The predicted molar refractivity (Wildman–Crippen MR) is 70.5 cm³/mol. The fourth-order valence-electron chi connectivity index (χ4n) is 2.87. The lowest BCUT2D eigenvalue weighted by molar-refractivity contribution is -0.151. The first-order valence-electron chi connectivity index (χ1n) is 6.88. The number of esters is 1. The second kappa shape index (κ2) is 5.01. The van der Waals surface area contributed by atoms with Gasteiger partial charge in [-0.3, -0.25) is 0 Å². The third-order valence-corrected chi connectivity index (χ3v) is 3.89. The monoisotopic (exact) mass is 245 g/mol. The van der Waals surface area contributed by atoms with E-state index in [1.54, 1.807) is 0 Å². The van der Waals surface area contributed by atoms with Crippen LogP contribution in [0.15, 0.2) is 24.3 Å². The Hall–Kier alpha value is -1.51. The maximum absolute atomic E-state index is 12.1. The molecule has 1 heterocycles. The van der Waals surface area contributed by atoms with Crippen molar-refractivity contribution in [2.75, 3.05) is 5.32 Å². The van der Waals surface area contributed by atoms with Gasteiger partial charge in [0.25, 0.3) is 0 Å². The van der Waals surface area contributed by atoms with Crippen LogP contribution in [0.25, 0.3) is 0 Å². The van der Waals surface area contributed by atoms with Crippen LogP contribution < -0.4 is 5.32 Å². The highest BCUT2D eigenvalue weighted by Gasteiger charge is 2.29. The molecule has 0 spiro atoms. The third kappa shape index (κ3) is 2.35. The lowest BCUT2D eigenvalue weighted by atomic mass is 9.98. The van der Waals surface area contributed by atoms with Gasteiger partial charge in [0.2, 0.25) is 0 Å². The largest absolute Gasteiger partial charge is 0.461 e. The molecule has 3 heteroatoms. The smallest absolute Gasteiger partial charge is 0.329 e. The van der Waals surface area contributed by atoms with Crippen molar-refractivity contribution >= 4 is 11.7 Å². The van der Waals surface area contributed by atoms with E-state index >= 15 is 0 Å². The Morgan fingerprint density at radius 3 is 2.72 bits per heavy atom. The number of benzene rings is 1. The van der Waals surface area contributed by atoms with Gasteiger partial charge in [0.05, 0.1) is 0 Å². The Kier molecular flexibility index (Phi) is 3.22. The Bertz CT molecular complexity index is 413. The average molecular weight is 245 g/mol. The van der Waals surface area contributed by atoms with Crippen LogP contribution in [0.2, 0.25) is 0 Å². The summed E-state index contributed by atoms with van der Waals surface area (Å²) < 4.78 is 5.61. The first kappa shape index (κ1) is 11.6. The summed E-state index contributed by atoms with van der Waals surface area (Å²) in [5.74, 6) is -0.0851. The van der Waals surface area contributed by atoms with Crippen LogP contribution in [-0.4, -0.2) is 18.1 Å². The lowest BCUT2D eigenvalue weighted by Gasteiger charge is -2.23. The van der Waals surface area contributed by atoms with Gasteiger partial charge < -0.3 is 10.1 Å². The molecular formula is C15H19NO2. The van der Waals surface area contributed by atoms with Gasteiger partial charge in [-0.05, 0) is 37.3 Å². The fourth-order valence-corrected chi connectivity index (χ4v) is 2.87. The van der Waals surface area contributed by atoms with E-state index in [0.29, 0.717) is 0 Å². The van der Waals surface area contributed by atoms with Crippen LogP contribution in [0.1, 0.15) is 37.7 Å². The van der Waals surface area contributed by atoms with Gasteiger partial charge in [-0.15, -0.1) is 0 Å². The van der Waals surface area contributed by atoms with Gasteiger partial charge in [0.15, 0.2) is 0 Å². The number of ether oxygens (including phenoxy) is 1. The van der Waals surface area contributed by atoms with Gasteiger partial charge in [-0.2, -0.15) is 0 Å². The summed E-state index contributed by atoms with van der Waals surface area (Å²) >= 11 is 0. The van der Waals surface area contributed by atoms with Crippen molar-refractivity contribution in [3.8, 4) is 0 Å². The molecular weight excluding hydrogens is 226 g/mol. The number of fused-ring (bicyclic) bond motifs is 1. The molecule has 0 bridgehead atoms. The highest BCUT2D eigenvalue weighted by Crippen LogP contribution is 2.27. The molecule has 1 aliphatic heterocycles. The SMILES string of the molecule is O=C(OC1CCCCC1)[C@@H]1Cc2ccccc2N1. The van der Waals surface area contributed by atoms with Crippen LogP contribution in [-0.2, 0) is 16.0 Å². The van der Waals surface area contributed by atoms with Crippen LogP contribution >= 0.6 is 0 Å². The zero-order valence-electron chi connectivity index (χ0n) is 10.5. The number of carbonyl (C=O) groups is 1. The Morgan fingerprint density at radius 2 is 1.94 bits per heavy atom. The summed E-state index contributed by atoms with van der Waals surface area (Å²) in [7, 11) is 0. The minimum Gasteiger partial charge on any atom is -0.461 e. The Balaban J connectivity index is 1.58. The number of nitrogens with one attached hydrogen (secondary N) is 1. The number of anilines is 1. The summed E-state index contributed by atoms with van der Waals surface area (Å²) in [6, 6.07) is 7.89. The van der Waals surface area contributed by atoms with Gasteiger partial charge >= 0.3 is 5.97 Å². The van der Waals surface area contributed by atoms with Crippen molar-refractivity contribution in [1.29, 1.82) is 0 Å². The van der Waals surface area contributed by atoms with Crippen LogP contribution in [0.3, 0.4) is 0 Å². The van der Waals surface area contributed by atoms with E-state index in [9.17, 15) is 4.79 Å². The molecule has 0 aromatic heterocycles. The van der Waals surface area contributed by atoms with Crippen LogP contribution in [0.5, 0.6) is 0 Å². The maximum atomic E-state index is 12.1. The molecule has 1 N–H and O–H groups in total. The van der Waals surface area contributed by atoms with E-state index in [2.05, 4.69) is 11.4 Å². The second-order valence-corrected chi connectivity index (χ2v) is 5.26. The summed E-state index contributed by atoms with van der Waals surface area (Å²) in [6.45, 7) is 0. The van der Waals surface area contributed by atoms with Gasteiger partial charge in [-0.1, -0.05) is 24.6 Å². The number of carbonyl (C=O) groups excluding carboxylic acids is 1. The van der Waals surface area contributed by atoms with E-state index in [0.717, 1.165) is 24.9 Å². The summed E-state index contributed by atoms with van der Waals surface area (Å²) in [4.78, 5) is 12.1. The molecule has 1 fully saturated rings. The molecule has 0 radical (unpaired) electrons. The minimum atomic E-state index is -0.190. The van der Waals surface area contributed by atoms with Crippen molar-refractivity contribution < 1.29 is 9.53 Å². The van der Waals surface area contributed by atoms with Crippen LogP contribution in [0.4, 0.5) is 5.69 Å². The summed E-state index contributed by atoms with van der Waals surface area (Å²) in [6.07, 6.45) is 6.63. The predicted octanol–water partition coefficient (Wildman–Crippen LogP) is 2.90. The molecule has 2 aliphatic rings. The first-order chi connectivity index (χ1) is 8.83. The van der Waals surface area contributed by atoms with Crippen molar-refractivity contribution in [3.05, 3.63) is 29.8 Å². The van der Waals surface area contributed by atoms with Crippen LogP contribution in [0, 0.1) is 0 Å². The highest BCUT2D eigenvalue weighted by molar-refractivity contribution is 5.83. The van der Waals surface area contributed by atoms with E-state index in [4.69, 9.17) is 4.74 Å². The Morgan fingerprint density at radius 1 is 1.17 bits per heavy atom. The van der Waals surface area contributed by atoms with E-state index in [1.807, 2.05) is 18.2 Å². The molecule has 0 saturated heterocycles. The van der Waals surface area contributed by atoms with Crippen molar-refractivity contribution in [2.24, 2.45) is 0 Å². The summed E-state index contributed by atoms with van der Waals surface area (Å²) in [5, 5.41) is 3.25. The highest BCUT2D eigenvalue weighted by atomic mass is 16.5. The normalized spacial score (nSPS) is 23.2. The zero-order valence-corrected chi connectivity index (χ0v) is 10.5. The van der Waals surface area contributed by atoms with Gasteiger partial charge in [-0.25, -0.2) is 4.79 Å².